The van der Waals surface area contributed by atoms with Crippen molar-refractivity contribution in [2.45, 2.75) is 19.3 Å². The van der Waals surface area contributed by atoms with Crippen LogP contribution >= 0.6 is 46.4 Å². The van der Waals surface area contributed by atoms with Crippen molar-refractivity contribution < 1.29 is 29.4 Å². The molecule has 0 aliphatic heterocycles. The van der Waals surface area contributed by atoms with E-state index in [0.29, 0.717) is 11.1 Å². The zero-order valence-corrected chi connectivity index (χ0v) is 24.8. The van der Waals surface area contributed by atoms with E-state index in [-0.39, 0.29) is 28.0 Å². The van der Waals surface area contributed by atoms with Gasteiger partial charge in [-0.3, -0.25) is 19.2 Å². The third kappa shape index (κ3) is 10.3. The van der Waals surface area contributed by atoms with Crippen LogP contribution in [0, 0.1) is 0 Å². The number of phenolic OH excluding ortho intramolecular Hbond substituents is 2. The monoisotopic (exact) mass is 632 g/mol. The normalized spacial score (nSPS) is 10.3. The highest BCUT2D eigenvalue weighted by Gasteiger charge is 2.22. The summed E-state index contributed by atoms with van der Waals surface area (Å²) in [6.07, 6.45) is 0. The lowest BCUT2D eigenvalue weighted by Gasteiger charge is -2.26. The molecule has 0 heterocycles. The quantitative estimate of drug-likeness (QED) is 0.207. The Balaban J connectivity index is 0.000000221. The zero-order valence-electron chi connectivity index (χ0n) is 21.8. The molecule has 0 atom stereocenters. The van der Waals surface area contributed by atoms with E-state index in [1.807, 2.05) is 24.3 Å². The summed E-state index contributed by atoms with van der Waals surface area (Å²) in [6, 6.07) is 26.2. The number of hydrogen-bond acceptors (Lipinski definition) is 6. The molecule has 212 valence electrons. The second-order valence-corrected chi connectivity index (χ2v) is 10.3. The van der Waals surface area contributed by atoms with Crippen LogP contribution in [0.1, 0.15) is 66.4 Å². The summed E-state index contributed by atoms with van der Waals surface area (Å²) in [4.78, 5) is 42.4. The molecule has 4 aromatic carbocycles. The Hall–Kier alpha value is -3.68. The van der Waals surface area contributed by atoms with Gasteiger partial charge in [-0.25, -0.2) is 0 Å². The summed E-state index contributed by atoms with van der Waals surface area (Å²) in [5, 5.41) is 16.3. The number of aromatic hydroxyl groups is 2. The molecule has 41 heavy (non-hydrogen) atoms. The van der Waals surface area contributed by atoms with Crippen LogP contribution in [-0.2, 0) is 5.41 Å². The molecule has 4 rings (SSSR count). The summed E-state index contributed by atoms with van der Waals surface area (Å²) >= 11 is 20.7. The molecule has 0 bridgehead atoms. The third-order valence-electron chi connectivity index (χ3n) is 5.83. The third-order valence-corrected chi connectivity index (χ3v) is 6.71. The van der Waals surface area contributed by atoms with E-state index in [4.69, 9.17) is 46.4 Å². The number of rotatable bonds is 6. The maximum absolute atomic E-state index is 10.6. The number of halogens is 4. The largest absolute Gasteiger partial charge is 0.508 e. The van der Waals surface area contributed by atoms with Gasteiger partial charge in [0.25, 0.3) is 21.0 Å². The smallest absolute Gasteiger partial charge is 0.252 e. The molecule has 0 aromatic heterocycles. The molecular formula is C31H24Cl4O6. The molecule has 2 N–H and O–H groups in total. The Morgan fingerprint density at radius 3 is 1.05 bits per heavy atom. The van der Waals surface area contributed by atoms with Crippen LogP contribution in [0.2, 0.25) is 0 Å². The first-order valence-electron chi connectivity index (χ1n) is 11.8. The van der Waals surface area contributed by atoms with Gasteiger partial charge in [0, 0.05) is 27.7 Å². The van der Waals surface area contributed by atoms with Crippen molar-refractivity contribution in [3.63, 3.8) is 0 Å². The maximum atomic E-state index is 10.6. The van der Waals surface area contributed by atoms with Gasteiger partial charge in [0.2, 0.25) is 0 Å². The van der Waals surface area contributed by atoms with Crippen LogP contribution in [0.15, 0.2) is 97.1 Å². The van der Waals surface area contributed by atoms with Gasteiger partial charge >= 0.3 is 0 Å². The molecule has 0 fully saturated rings. The molecule has 0 saturated heterocycles. The van der Waals surface area contributed by atoms with E-state index in [0.717, 1.165) is 11.1 Å². The van der Waals surface area contributed by atoms with Crippen LogP contribution < -0.4 is 0 Å². The molecule has 4 aromatic rings. The molecule has 0 unspecified atom stereocenters. The average molecular weight is 634 g/mol. The Morgan fingerprint density at radius 1 is 0.488 bits per heavy atom. The van der Waals surface area contributed by atoms with Gasteiger partial charge in [0.15, 0.2) is 0 Å². The molecule has 0 saturated carbocycles. The van der Waals surface area contributed by atoms with E-state index in [1.165, 1.54) is 42.5 Å². The van der Waals surface area contributed by atoms with Crippen molar-refractivity contribution in [2.75, 3.05) is 0 Å². The number of hydrogen-bond donors (Lipinski definition) is 2. The molecule has 0 aliphatic carbocycles. The Morgan fingerprint density at radius 2 is 0.780 bits per heavy atom. The number of phenols is 2. The minimum absolute atomic E-state index is 0.151. The van der Waals surface area contributed by atoms with Gasteiger partial charge in [-0.1, -0.05) is 56.3 Å². The van der Waals surface area contributed by atoms with Crippen molar-refractivity contribution in [1.29, 1.82) is 0 Å². The summed E-state index contributed by atoms with van der Waals surface area (Å²) < 4.78 is 0. The van der Waals surface area contributed by atoms with Gasteiger partial charge < -0.3 is 10.2 Å². The lowest BCUT2D eigenvalue weighted by Crippen LogP contribution is -2.18. The molecule has 6 nitrogen and oxygen atoms in total. The van der Waals surface area contributed by atoms with Gasteiger partial charge in [0.05, 0.1) is 0 Å². The lowest BCUT2D eigenvalue weighted by atomic mass is 9.78. The van der Waals surface area contributed by atoms with Crippen LogP contribution in [-0.4, -0.2) is 31.2 Å². The second-order valence-electron chi connectivity index (χ2n) is 8.97. The van der Waals surface area contributed by atoms with Crippen molar-refractivity contribution in [3.8, 4) is 11.5 Å². The molecular weight excluding hydrogens is 610 g/mol. The first-order chi connectivity index (χ1) is 19.2. The highest BCUT2D eigenvalue weighted by Crippen LogP contribution is 2.32. The highest BCUT2D eigenvalue weighted by molar-refractivity contribution is 6.69. The number of benzene rings is 4. The molecule has 0 spiro atoms. The predicted octanol–water partition coefficient (Wildman–Crippen LogP) is 8.31. The van der Waals surface area contributed by atoms with Crippen molar-refractivity contribution in [1.82, 2.24) is 0 Å². The minimum Gasteiger partial charge on any atom is -0.508 e. The van der Waals surface area contributed by atoms with E-state index >= 15 is 0 Å². The second kappa shape index (κ2) is 15.4. The molecule has 0 amide bonds. The first kappa shape index (κ1) is 33.5. The van der Waals surface area contributed by atoms with Gasteiger partial charge in [-0.2, -0.15) is 0 Å². The standard InChI is InChI=1S/C15H16O2.2C8H4Cl2O2/c1-15(2,11-3-7-13(16)8-4-11)12-5-9-14(17)10-6-12;9-7(11)5-1-2-6(4-3-5)8(10)12;9-7(11)5-2-1-3-6(4-5)8(10)12/h3-10,16-17H,1-2H3;2*1-4H. The fourth-order valence-electron chi connectivity index (χ4n) is 3.42. The lowest BCUT2D eigenvalue weighted by molar-refractivity contribution is 0.107. The van der Waals surface area contributed by atoms with Crippen LogP contribution in [0.25, 0.3) is 0 Å². The van der Waals surface area contributed by atoms with E-state index in [2.05, 4.69) is 13.8 Å². The van der Waals surface area contributed by atoms with Crippen molar-refractivity contribution in [3.05, 3.63) is 130 Å². The van der Waals surface area contributed by atoms with Gasteiger partial charge in [0.1, 0.15) is 11.5 Å². The summed E-state index contributed by atoms with van der Waals surface area (Å²) in [5.74, 6) is 0.547. The fraction of sp³-hybridized carbons (Fsp3) is 0.0968. The summed E-state index contributed by atoms with van der Waals surface area (Å²) in [5.41, 5.74) is 3.33. The maximum Gasteiger partial charge on any atom is 0.252 e. The molecule has 0 aliphatic rings. The number of carbonyl (C=O) groups excluding carboxylic acids is 4. The Kier molecular flexibility index (Phi) is 12.6. The van der Waals surface area contributed by atoms with Gasteiger partial charge in [-0.05, 0) is 112 Å². The van der Waals surface area contributed by atoms with Gasteiger partial charge in [-0.15, -0.1) is 0 Å². The first-order valence-corrected chi connectivity index (χ1v) is 13.3. The average Bonchev–Trinajstić information content (AvgIpc) is 2.94. The topological polar surface area (TPSA) is 109 Å². The van der Waals surface area contributed by atoms with Crippen LogP contribution in [0.4, 0.5) is 0 Å². The van der Waals surface area contributed by atoms with Crippen molar-refractivity contribution >= 4 is 67.4 Å². The molecule has 0 radical (unpaired) electrons. The summed E-state index contributed by atoms with van der Waals surface area (Å²) in [6.45, 7) is 4.23. The van der Waals surface area contributed by atoms with E-state index in [9.17, 15) is 29.4 Å². The Labute approximate surface area is 257 Å². The summed E-state index contributed by atoms with van der Waals surface area (Å²) in [7, 11) is 0. The molecule has 10 heteroatoms. The van der Waals surface area contributed by atoms with Crippen LogP contribution in [0.3, 0.4) is 0 Å². The number of carbonyl (C=O) groups is 4. The fourth-order valence-corrected chi connectivity index (χ4v) is 3.91. The minimum atomic E-state index is -0.602. The Bertz CT molecular complexity index is 1400. The van der Waals surface area contributed by atoms with Crippen molar-refractivity contribution in [2.24, 2.45) is 0 Å². The van der Waals surface area contributed by atoms with E-state index < -0.39 is 21.0 Å². The highest BCUT2D eigenvalue weighted by atomic mass is 35.5. The SMILES string of the molecule is CC(C)(c1ccc(O)cc1)c1ccc(O)cc1.O=C(Cl)c1ccc(C(=O)Cl)cc1.O=C(Cl)c1cccc(C(=O)Cl)c1. The van der Waals surface area contributed by atoms with Crippen LogP contribution in [0.5, 0.6) is 11.5 Å². The predicted molar refractivity (Wildman–Crippen MR) is 162 cm³/mol. The zero-order chi connectivity index (χ0) is 30.7. The van der Waals surface area contributed by atoms with E-state index in [1.54, 1.807) is 30.3 Å².